The number of amides is 1. The minimum absolute atomic E-state index is 0.0521. The van der Waals surface area contributed by atoms with Gasteiger partial charge in [0.2, 0.25) is 5.89 Å². The number of nitrogens with one attached hydrogen (secondary N) is 2. The summed E-state index contributed by atoms with van der Waals surface area (Å²) in [5.41, 5.74) is 1.12. The summed E-state index contributed by atoms with van der Waals surface area (Å²) in [6, 6.07) is 27.5. The Hall–Kier alpha value is -7.35. The maximum atomic E-state index is 15.5. The van der Waals surface area contributed by atoms with Gasteiger partial charge in [0.25, 0.3) is 5.91 Å². The first kappa shape index (κ1) is 31.3. The first-order valence-corrected chi connectivity index (χ1v) is 14.9. The van der Waals surface area contributed by atoms with Crippen LogP contribution in [-0.4, -0.2) is 30.9 Å². The standard InChI is InChI=1S/C36H23FN6O7/c37-28-18-27-29(39-32(16-14-26-15-17-33(50-26)43(46)47)42-34(27)38-22-8-10-23(44)11-9-22)19-30(28)40-35(45)31-20-48-36(41-31)21-6-12-25(13-7-21)49-24-4-2-1-3-5-24/h1-20,44H,(H,40,45)(H,38,39,42)/b16-14+. The number of nitro groups is 1. The van der Waals surface area contributed by atoms with E-state index >= 15 is 4.39 Å². The average molecular weight is 671 g/mol. The van der Waals surface area contributed by atoms with Gasteiger partial charge < -0.3 is 29.3 Å². The molecule has 7 aromatic rings. The fourth-order valence-electron chi connectivity index (χ4n) is 4.79. The number of hydrogen-bond donors (Lipinski definition) is 3. The van der Waals surface area contributed by atoms with Gasteiger partial charge in [-0.3, -0.25) is 14.9 Å². The summed E-state index contributed by atoms with van der Waals surface area (Å²) in [5.74, 6) is 0.127. The topological polar surface area (TPSA) is 179 Å². The number of ether oxygens (including phenoxy) is 1. The number of phenols is 1. The monoisotopic (exact) mass is 670 g/mol. The number of carbonyl (C=O) groups excluding carboxylic acids is 1. The third kappa shape index (κ3) is 6.99. The second kappa shape index (κ2) is 13.4. The van der Waals surface area contributed by atoms with Crippen LogP contribution in [0, 0.1) is 15.9 Å². The third-order valence-corrected chi connectivity index (χ3v) is 7.19. The van der Waals surface area contributed by atoms with Gasteiger partial charge in [-0.15, -0.1) is 0 Å². The van der Waals surface area contributed by atoms with Gasteiger partial charge in [-0.25, -0.2) is 19.3 Å². The van der Waals surface area contributed by atoms with Crippen molar-refractivity contribution in [2.24, 2.45) is 0 Å². The molecule has 1 amide bonds. The number of furan rings is 1. The Bertz CT molecular complexity index is 2370. The first-order valence-electron chi connectivity index (χ1n) is 14.9. The summed E-state index contributed by atoms with van der Waals surface area (Å²) < 4.78 is 32.0. The molecule has 0 spiro atoms. The number of carbonyl (C=O) groups is 1. The molecule has 3 N–H and O–H groups in total. The van der Waals surface area contributed by atoms with Crippen LogP contribution in [0.15, 0.2) is 118 Å². The van der Waals surface area contributed by atoms with Crippen LogP contribution in [0.5, 0.6) is 17.2 Å². The van der Waals surface area contributed by atoms with Crippen LogP contribution in [0.2, 0.25) is 0 Å². The molecule has 0 aliphatic heterocycles. The number of para-hydroxylation sites is 1. The van der Waals surface area contributed by atoms with Crippen LogP contribution < -0.4 is 15.4 Å². The van der Waals surface area contributed by atoms with Gasteiger partial charge in [0.05, 0.1) is 17.3 Å². The zero-order valence-electron chi connectivity index (χ0n) is 25.6. The van der Waals surface area contributed by atoms with Crippen molar-refractivity contribution >= 4 is 52.0 Å². The second-order valence-corrected chi connectivity index (χ2v) is 10.6. The predicted octanol–water partition coefficient (Wildman–Crippen LogP) is 8.59. The van der Waals surface area contributed by atoms with Crippen molar-refractivity contribution in [2.45, 2.75) is 0 Å². The Labute approximate surface area is 281 Å². The number of benzene rings is 4. The second-order valence-electron chi connectivity index (χ2n) is 10.6. The van der Waals surface area contributed by atoms with Crippen molar-refractivity contribution in [3.05, 3.63) is 143 Å². The summed E-state index contributed by atoms with van der Waals surface area (Å²) in [4.78, 5) is 36.7. The molecule has 7 rings (SSSR count). The van der Waals surface area contributed by atoms with Crippen molar-refractivity contribution in [1.82, 2.24) is 15.0 Å². The molecule has 0 radical (unpaired) electrons. The van der Waals surface area contributed by atoms with Crippen LogP contribution in [0.3, 0.4) is 0 Å². The number of aromatic nitrogens is 3. The van der Waals surface area contributed by atoms with Crippen LogP contribution in [0.1, 0.15) is 22.1 Å². The molecule has 0 bridgehead atoms. The molecule has 0 aliphatic carbocycles. The normalized spacial score (nSPS) is 11.1. The molecule has 13 nitrogen and oxygen atoms in total. The summed E-state index contributed by atoms with van der Waals surface area (Å²) >= 11 is 0. The lowest BCUT2D eigenvalue weighted by molar-refractivity contribution is -0.402. The van der Waals surface area contributed by atoms with Gasteiger partial charge in [0.15, 0.2) is 11.5 Å². The van der Waals surface area contributed by atoms with E-state index in [1.165, 1.54) is 54.8 Å². The zero-order valence-corrected chi connectivity index (χ0v) is 25.6. The number of fused-ring (bicyclic) bond motifs is 1. The van der Waals surface area contributed by atoms with Gasteiger partial charge in [-0.1, -0.05) is 18.2 Å². The molecule has 246 valence electrons. The van der Waals surface area contributed by atoms with Gasteiger partial charge in [0, 0.05) is 16.6 Å². The van der Waals surface area contributed by atoms with E-state index < -0.39 is 22.5 Å². The Balaban J connectivity index is 1.14. The first-order chi connectivity index (χ1) is 24.3. The summed E-state index contributed by atoms with van der Waals surface area (Å²) in [7, 11) is 0. The fraction of sp³-hybridized carbons (Fsp3) is 0. The number of phenolic OH excluding ortho intramolecular Hbond substituents is 1. The Morgan fingerprint density at radius 2 is 1.66 bits per heavy atom. The molecule has 4 aromatic carbocycles. The zero-order chi connectivity index (χ0) is 34.6. The lowest BCUT2D eigenvalue weighted by Crippen LogP contribution is -2.13. The van der Waals surface area contributed by atoms with E-state index in [2.05, 4.69) is 25.6 Å². The van der Waals surface area contributed by atoms with Crippen molar-refractivity contribution in [3.8, 4) is 28.7 Å². The minimum atomic E-state index is -0.771. The summed E-state index contributed by atoms with van der Waals surface area (Å²) in [6.07, 6.45) is 4.07. The van der Waals surface area contributed by atoms with Gasteiger partial charge in [0.1, 0.15) is 45.8 Å². The number of halogens is 1. The number of hydrogen-bond acceptors (Lipinski definition) is 11. The average Bonchev–Trinajstić information content (AvgIpc) is 3.81. The molecule has 0 fully saturated rings. The molecule has 0 unspecified atom stereocenters. The molecular weight excluding hydrogens is 647 g/mol. The van der Waals surface area contributed by atoms with Crippen molar-refractivity contribution < 1.29 is 32.8 Å². The van der Waals surface area contributed by atoms with Crippen LogP contribution in [0.4, 0.5) is 27.5 Å². The highest BCUT2D eigenvalue weighted by Crippen LogP contribution is 2.31. The van der Waals surface area contributed by atoms with Crippen molar-refractivity contribution in [2.75, 3.05) is 10.6 Å². The highest BCUT2D eigenvalue weighted by molar-refractivity contribution is 6.04. The van der Waals surface area contributed by atoms with Crippen LogP contribution in [-0.2, 0) is 0 Å². The Morgan fingerprint density at radius 1 is 0.900 bits per heavy atom. The Morgan fingerprint density at radius 3 is 2.40 bits per heavy atom. The number of aromatic hydroxyl groups is 1. The summed E-state index contributed by atoms with van der Waals surface area (Å²) in [5, 5.41) is 26.6. The molecule has 14 heteroatoms. The molecular formula is C36H23FN6O7. The fourth-order valence-corrected chi connectivity index (χ4v) is 4.79. The molecule has 50 heavy (non-hydrogen) atoms. The number of anilines is 3. The van der Waals surface area contributed by atoms with E-state index in [-0.39, 0.29) is 51.3 Å². The molecule has 0 saturated carbocycles. The van der Waals surface area contributed by atoms with Crippen LogP contribution >= 0.6 is 0 Å². The van der Waals surface area contributed by atoms with E-state index in [9.17, 15) is 20.0 Å². The smallest absolute Gasteiger partial charge is 0.433 e. The van der Waals surface area contributed by atoms with E-state index in [1.807, 2.05) is 30.3 Å². The van der Waals surface area contributed by atoms with Gasteiger partial charge in [-0.2, -0.15) is 0 Å². The number of nitrogens with zero attached hydrogens (tertiary/aromatic N) is 4. The van der Waals surface area contributed by atoms with E-state index in [0.29, 0.717) is 22.7 Å². The highest BCUT2D eigenvalue weighted by atomic mass is 19.1. The highest BCUT2D eigenvalue weighted by Gasteiger charge is 2.18. The molecule has 3 aromatic heterocycles. The van der Waals surface area contributed by atoms with E-state index in [4.69, 9.17) is 13.6 Å². The maximum absolute atomic E-state index is 15.5. The lowest BCUT2D eigenvalue weighted by Gasteiger charge is -2.12. The largest absolute Gasteiger partial charge is 0.508 e. The molecule has 0 saturated heterocycles. The van der Waals surface area contributed by atoms with E-state index in [1.54, 1.807) is 36.4 Å². The predicted molar refractivity (Wildman–Crippen MR) is 182 cm³/mol. The van der Waals surface area contributed by atoms with E-state index in [0.717, 1.165) is 0 Å². The van der Waals surface area contributed by atoms with Gasteiger partial charge in [-0.05, 0) is 91.0 Å². The van der Waals surface area contributed by atoms with Crippen molar-refractivity contribution in [3.63, 3.8) is 0 Å². The molecule has 0 aliphatic rings. The van der Waals surface area contributed by atoms with Crippen LogP contribution in [0.25, 0.3) is 34.5 Å². The molecule has 3 heterocycles. The third-order valence-electron chi connectivity index (χ3n) is 7.19. The quantitative estimate of drug-likeness (QED) is 0.0721. The number of oxazole rings is 1. The molecule has 0 atom stereocenters. The lowest BCUT2D eigenvalue weighted by atomic mass is 10.1. The number of rotatable bonds is 10. The maximum Gasteiger partial charge on any atom is 0.433 e. The Kier molecular flexibility index (Phi) is 8.38. The van der Waals surface area contributed by atoms with Gasteiger partial charge >= 0.3 is 5.88 Å². The summed E-state index contributed by atoms with van der Waals surface area (Å²) in [6.45, 7) is 0. The SMILES string of the molecule is O=C(Nc1cc2nc(/C=C/c3ccc([N+](=O)[O-])o3)nc(Nc3ccc(O)cc3)c2cc1F)c1coc(-c2ccc(Oc3ccccc3)cc2)n1. The van der Waals surface area contributed by atoms with Crippen molar-refractivity contribution in [1.29, 1.82) is 0 Å². The minimum Gasteiger partial charge on any atom is -0.508 e.